The smallest absolute Gasteiger partial charge is 0.429 e. The minimum absolute atomic E-state index is 0.134. The van der Waals surface area contributed by atoms with Gasteiger partial charge in [0.15, 0.2) is 22.1 Å². The van der Waals surface area contributed by atoms with Gasteiger partial charge in [-0.2, -0.15) is 0 Å². The molecule has 2 aliphatic rings. The van der Waals surface area contributed by atoms with Crippen LogP contribution in [0.25, 0.3) is 11.2 Å². The Morgan fingerprint density at radius 2 is 1.97 bits per heavy atom. The molecule has 0 bridgehead atoms. The maximum Gasteiger partial charge on any atom is 0.508 e. The molecule has 2 fully saturated rings. The van der Waals surface area contributed by atoms with Gasteiger partial charge in [-0.25, -0.2) is 19.4 Å². The number of aromatic nitrogens is 5. The molecule has 0 radical (unpaired) electrons. The van der Waals surface area contributed by atoms with Crippen molar-refractivity contribution >= 4 is 29.1 Å². The SMILES string of the molecule is CCCSc1nc(C)c2nnn([C@@H]3C[C@H](OC(=O)OCc4ccccc4)[C@H]4OC(C)(C)O[C@H]43)c2n1. The molecule has 5 rings (SSSR count). The molecular weight excluding hydrogens is 470 g/mol. The minimum atomic E-state index is -0.826. The van der Waals surface area contributed by atoms with E-state index in [2.05, 4.69) is 22.2 Å². The number of aryl methyl sites for hydroxylation is 1. The Morgan fingerprint density at radius 3 is 2.74 bits per heavy atom. The van der Waals surface area contributed by atoms with Crippen molar-refractivity contribution in [3.63, 3.8) is 0 Å². The van der Waals surface area contributed by atoms with Crippen LogP contribution in [0.1, 0.15) is 50.9 Å². The number of nitrogens with zero attached hydrogens (tertiary/aromatic N) is 5. The second-order valence-corrected chi connectivity index (χ2v) is 10.3. The molecule has 35 heavy (non-hydrogen) atoms. The van der Waals surface area contributed by atoms with E-state index in [9.17, 15) is 4.79 Å². The topological polar surface area (TPSA) is 110 Å². The van der Waals surface area contributed by atoms with E-state index < -0.39 is 24.2 Å². The van der Waals surface area contributed by atoms with E-state index in [0.29, 0.717) is 22.7 Å². The first-order chi connectivity index (χ1) is 16.8. The van der Waals surface area contributed by atoms with Crippen molar-refractivity contribution in [1.82, 2.24) is 25.0 Å². The molecule has 3 heterocycles. The number of fused-ring (bicyclic) bond motifs is 2. The van der Waals surface area contributed by atoms with Gasteiger partial charge >= 0.3 is 6.16 Å². The largest absolute Gasteiger partial charge is 0.508 e. The molecular formula is C24H29N5O5S. The zero-order valence-electron chi connectivity index (χ0n) is 20.2. The predicted molar refractivity (Wildman–Crippen MR) is 128 cm³/mol. The molecule has 2 aromatic heterocycles. The molecule has 1 aromatic carbocycles. The van der Waals surface area contributed by atoms with Crippen molar-refractivity contribution in [2.45, 2.75) is 82.4 Å². The monoisotopic (exact) mass is 499 g/mol. The van der Waals surface area contributed by atoms with Crippen LogP contribution in [0.3, 0.4) is 0 Å². The summed E-state index contributed by atoms with van der Waals surface area (Å²) in [5.41, 5.74) is 2.94. The number of hydrogen-bond donors (Lipinski definition) is 0. The van der Waals surface area contributed by atoms with E-state index in [-0.39, 0.29) is 18.8 Å². The van der Waals surface area contributed by atoms with Crippen LogP contribution in [0.2, 0.25) is 0 Å². The Labute approximate surface area is 207 Å². The summed E-state index contributed by atoms with van der Waals surface area (Å²) >= 11 is 1.60. The van der Waals surface area contributed by atoms with Gasteiger partial charge in [-0.05, 0) is 32.8 Å². The zero-order valence-corrected chi connectivity index (χ0v) is 21.0. The lowest BCUT2D eigenvalue weighted by Crippen LogP contribution is -2.32. The molecule has 10 nitrogen and oxygen atoms in total. The molecule has 0 spiro atoms. The molecule has 0 amide bonds. The molecule has 1 aliphatic heterocycles. The number of benzene rings is 1. The van der Waals surface area contributed by atoms with Gasteiger partial charge in [-0.1, -0.05) is 54.2 Å². The fraction of sp³-hybridized carbons (Fsp3) is 0.542. The van der Waals surface area contributed by atoms with Gasteiger partial charge in [-0.3, -0.25) is 0 Å². The van der Waals surface area contributed by atoms with Crippen LogP contribution >= 0.6 is 11.8 Å². The highest BCUT2D eigenvalue weighted by Gasteiger charge is 2.57. The number of carbonyl (C=O) groups is 1. The van der Waals surface area contributed by atoms with Gasteiger partial charge < -0.3 is 18.9 Å². The Balaban J connectivity index is 1.37. The minimum Gasteiger partial charge on any atom is -0.429 e. The van der Waals surface area contributed by atoms with E-state index >= 15 is 0 Å². The van der Waals surface area contributed by atoms with Gasteiger partial charge in [0.25, 0.3) is 0 Å². The maximum atomic E-state index is 12.5. The van der Waals surface area contributed by atoms with E-state index in [1.807, 2.05) is 51.1 Å². The van der Waals surface area contributed by atoms with Crippen molar-refractivity contribution in [2.24, 2.45) is 0 Å². The lowest BCUT2D eigenvalue weighted by Gasteiger charge is -2.23. The van der Waals surface area contributed by atoms with Gasteiger partial charge in [0.2, 0.25) is 0 Å². The van der Waals surface area contributed by atoms with Crippen LogP contribution in [0, 0.1) is 6.92 Å². The highest BCUT2D eigenvalue weighted by Crippen LogP contribution is 2.45. The van der Waals surface area contributed by atoms with Crippen molar-refractivity contribution in [3.05, 3.63) is 41.6 Å². The second-order valence-electron chi connectivity index (χ2n) is 9.19. The number of ether oxygens (including phenoxy) is 4. The van der Waals surface area contributed by atoms with Gasteiger partial charge in [-0.15, -0.1) is 5.10 Å². The van der Waals surface area contributed by atoms with Crippen molar-refractivity contribution in [3.8, 4) is 0 Å². The normalized spacial score (nSPS) is 25.0. The van der Waals surface area contributed by atoms with Gasteiger partial charge in [0, 0.05) is 12.2 Å². The first-order valence-electron chi connectivity index (χ1n) is 11.8. The molecule has 0 N–H and O–H groups in total. The fourth-order valence-corrected chi connectivity index (χ4v) is 5.30. The zero-order chi connectivity index (χ0) is 24.6. The van der Waals surface area contributed by atoms with Gasteiger partial charge in [0.05, 0.1) is 11.7 Å². The maximum absolute atomic E-state index is 12.5. The van der Waals surface area contributed by atoms with Crippen LogP contribution in [-0.2, 0) is 25.6 Å². The van der Waals surface area contributed by atoms with Crippen LogP contribution in [0.5, 0.6) is 0 Å². The van der Waals surface area contributed by atoms with Gasteiger partial charge in [0.1, 0.15) is 24.9 Å². The summed E-state index contributed by atoms with van der Waals surface area (Å²) in [5.74, 6) is 0.0970. The Hall–Kier alpha value is -2.76. The Morgan fingerprint density at radius 1 is 1.20 bits per heavy atom. The van der Waals surface area contributed by atoms with Crippen molar-refractivity contribution in [2.75, 3.05) is 5.75 Å². The molecule has 0 unspecified atom stereocenters. The third-order valence-electron chi connectivity index (χ3n) is 6.06. The first kappa shape index (κ1) is 24.0. The number of rotatable bonds is 7. The molecule has 1 aliphatic carbocycles. The van der Waals surface area contributed by atoms with Crippen LogP contribution in [-0.4, -0.2) is 61.0 Å². The first-order valence-corrected chi connectivity index (χ1v) is 12.8. The van der Waals surface area contributed by atoms with Crippen LogP contribution < -0.4 is 0 Å². The quantitative estimate of drug-likeness (QED) is 0.266. The van der Waals surface area contributed by atoms with E-state index in [1.165, 1.54) is 0 Å². The molecule has 4 atom stereocenters. The molecule has 3 aromatic rings. The lowest BCUT2D eigenvalue weighted by molar-refractivity contribution is -0.167. The second kappa shape index (κ2) is 9.71. The Bertz CT molecular complexity index is 1200. The number of hydrogen-bond acceptors (Lipinski definition) is 10. The third kappa shape index (κ3) is 4.98. The van der Waals surface area contributed by atoms with Crippen LogP contribution in [0.15, 0.2) is 35.5 Å². The average Bonchev–Trinajstić information content (AvgIpc) is 3.48. The summed E-state index contributed by atoms with van der Waals surface area (Å²) in [6, 6.07) is 9.18. The summed E-state index contributed by atoms with van der Waals surface area (Å²) in [6.07, 6.45) is -0.698. The Kier molecular flexibility index (Phi) is 6.65. The summed E-state index contributed by atoms with van der Waals surface area (Å²) in [4.78, 5) is 21.8. The van der Waals surface area contributed by atoms with E-state index in [1.54, 1.807) is 16.4 Å². The van der Waals surface area contributed by atoms with Crippen molar-refractivity contribution in [1.29, 1.82) is 0 Å². The molecule has 186 valence electrons. The van der Waals surface area contributed by atoms with E-state index in [0.717, 1.165) is 23.4 Å². The highest BCUT2D eigenvalue weighted by atomic mass is 32.2. The predicted octanol–water partition coefficient (Wildman–Crippen LogP) is 4.22. The fourth-order valence-electron chi connectivity index (χ4n) is 4.56. The molecule has 11 heteroatoms. The highest BCUT2D eigenvalue weighted by molar-refractivity contribution is 7.99. The summed E-state index contributed by atoms with van der Waals surface area (Å²) in [6.45, 7) is 7.85. The summed E-state index contributed by atoms with van der Waals surface area (Å²) < 4.78 is 25.2. The average molecular weight is 500 g/mol. The third-order valence-corrected chi connectivity index (χ3v) is 7.11. The lowest BCUT2D eigenvalue weighted by atomic mass is 10.2. The summed E-state index contributed by atoms with van der Waals surface area (Å²) in [7, 11) is 0. The summed E-state index contributed by atoms with van der Waals surface area (Å²) in [5, 5.41) is 9.43. The number of carbonyl (C=O) groups excluding carboxylic acids is 1. The molecule has 1 saturated heterocycles. The van der Waals surface area contributed by atoms with E-state index in [4.69, 9.17) is 23.9 Å². The van der Waals surface area contributed by atoms with Crippen molar-refractivity contribution < 1.29 is 23.7 Å². The van der Waals surface area contributed by atoms with Crippen LogP contribution in [0.4, 0.5) is 4.79 Å². The number of thioether (sulfide) groups is 1. The molecule has 1 saturated carbocycles. The standard InChI is InChI=1S/C24H29N5O5S/c1-5-11-35-22-25-14(2)18-21(26-22)29(28-27-18)16-12-17(20-19(16)33-24(3,4)34-20)32-23(30)31-13-15-9-7-6-8-10-15/h6-10,16-17,19-20H,5,11-13H2,1-4H3/t16-,17+,19+,20-/m1/s1.